The molecule has 3 nitrogen and oxygen atoms in total. The molecule has 1 fully saturated rings. The molecule has 0 heterocycles. The van der Waals surface area contributed by atoms with Crippen LogP contribution in [0.4, 0.5) is 0 Å². The third-order valence-electron chi connectivity index (χ3n) is 3.54. The van der Waals surface area contributed by atoms with Crippen LogP contribution >= 0.6 is 31.9 Å². The number of hydrogen-bond donors (Lipinski definition) is 1. The predicted molar refractivity (Wildman–Crippen MR) is 79.5 cm³/mol. The smallest absolute Gasteiger partial charge is 0.212 e. The number of alkyl halides is 2. The van der Waals surface area contributed by atoms with Gasteiger partial charge in [-0.3, -0.25) is 0 Å². The minimum absolute atomic E-state index is 0.194. The Bertz CT molecular complexity index is 314. The van der Waals surface area contributed by atoms with Gasteiger partial charge in [-0.2, -0.15) is 0 Å². The molecule has 1 rings (SSSR count). The second-order valence-electron chi connectivity index (χ2n) is 4.81. The molecule has 17 heavy (non-hydrogen) atoms. The topological polar surface area (TPSA) is 46.2 Å². The average molecular weight is 391 g/mol. The minimum Gasteiger partial charge on any atom is -0.212 e. The highest BCUT2D eigenvalue weighted by Gasteiger charge is 2.35. The lowest BCUT2D eigenvalue weighted by atomic mass is 10.0. The van der Waals surface area contributed by atoms with Gasteiger partial charge in [-0.25, -0.2) is 13.1 Å². The highest BCUT2D eigenvalue weighted by molar-refractivity contribution is 9.09. The summed E-state index contributed by atoms with van der Waals surface area (Å²) in [6.45, 7) is 2.01. The Kier molecular flexibility index (Phi) is 6.44. The molecule has 0 aromatic heterocycles. The van der Waals surface area contributed by atoms with E-state index in [1.165, 1.54) is 6.42 Å². The summed E-state index contributed by atoms with van der Waals surface area (Å²) in [7, 11) is -3.19. The highest BCUT2D eigenvalue weighted by Crippen LogP contribution is 2.26. The Morgan fingerprint density at radius 3 is 2.12 bits per heavy atom. The van der Waals surface area contributed by atoms with Crippen LogP contribution in [-0.2, 0) is 10.0 Å². The van der Waals surface area contributed by atoms with Crippen LogP contribution in [0, 0.1) is 0 Å². The molecular weight excluding hydrogens is 370 g/mol. The van der Waals surface area contributed by atoms with Gasteiger partial charge in [0, 0.05) is 10.7 Å². The first-order chi connectivity index (χ1) is 7.99. The van der Waals surface area contributed by atoms with Crippen molar-refractivity contribution in [2.75, 3.05) is 10.7 Å². The van der Waals surface area contributed by atoms with Crippen molar-refractivity contribution in [3.8, 4) is 0 Å². The number of nitrogens with one attached hydrogen (secondary N) is 1. The maximum atomic E-state index is 12.3. The molecule has 1 saturated carbocycles. The molecule has 1 aliphatic rings. The minimum atomic E-state index is -3.19. The van der Waals surface area contributed by atoms with Crippen molar-refractivity contribution >= 4 is 41.9 Å². The van der Waals surface area contributed by atoms with Crippen LogP contribution in [0.5, 0.6) is 0 Å². The van der Waals surface area contributed by atoms with Gasteiger partial charge in [0.05, 0.1) is 10.8 Å². The molecule has 0 unspecified atom stereocenters. The van der Waals surface area contributed by atoms with Crippen molar-refractivity contribution in [2.45, 2.75) is 56.2 Å². The molecule has 1 aliphatic carbocycles. The summed E-state index contributed by atoms with van der Waals surface area (Å²) in [4.78, 5) is 0. The lowest BCUT2D eigenvalue weighted by Crippen LogP contribution is -2.53. The molecule has 0 atom stereocenters. The van der Waals surface area contributed by atoms with Crippen LogP contribution in [0.3, 0.4) is 0 Å². The van der Waals surface area contributed by atoms with E-state index in [0.29, 0.717) is 10.7 Å². The largest absolute Gasteiger partial charge is 0.215 e. The Morgan fingerprint density at radius 1 is 1.18 bits per heavy atom. The van der Waals surface area contributed by atoms with E-state index >= 15 is 0 Å². The van der Waals surface area contributed by atoms with Gasteiger partial charge in [0.15, 0.2) is 0 Å². The molecule has 0 aromatic carbocycles. The third kappa shape index (κ3) is 4.18. The van der Waals surface area contributed by atoms with Gasteiger partial charge < -0.3 is 0 Å². The Hall–Kier alpha value is 0.870. The molecule has 102 valence electrons. The van der Waals surface area contributed by atoms with E-state index in [-0.39, 0.29) is 5.25 Å². The summed E-state index contributed by atoms with van der Waals surface area (Å²) in [5.74, 6) is 0. The Balaban J connectivity index is 2.76. The van der Waals surface area contributed by atoms with E-state index in [0.717, 1.165) is 32.1 Å². The third-order valence-corrected chi connectivity index (χ3v) is 7.75. The van der Waals surface area contributed by atoms with Crippen molar-refractivity contribution < 1.29 is 8.42 Å². The molecule has 0 radical (unpaired) electrons. The molecule has 0 aromatic rings. The summed E-state index contributed by atoms with van der Waals surface area (Å²) >= 11 is 6.83. The average Bonchev–Trinajstić information content (AvgIpc) is 2.37. The van der Waals surface area contributed by atoms with Crippen LogP contribution in [0.15, 0.2) is 0 Å². The van der Waals surface area contributed by atoms with Crippen molar-refractivity contribution in [3.63, 3.8) is 0 Å². The van der Waals surface area contributed by atoms with E-state index in [2.05, 4.69) is 36.6 Å². The lowest BCUT2D eigenvalue weighted by molar-refractivity contribution is 0.434. The lowest BCUT2D eigenvalue weighted by Gasteiger charge is -2.32. The SMILES string of the molecule is CCC(CBr)(CBr)NS(=O)(=O)C1CCCCC1. The van der Waals surface area contributed by atoms with Crippen molar-refractivity contribution in [1.29, 1.82) is 0 Å². The molecule has 0 amide bonds. The Labute approximate surface area is 121 Å². The van der Waals surface area contributed by atoms with Gasteiger partial charge in [-0.15, -0.1) is 0 Å². The molecular formula is C11H21Br2NO2S. The molecule has 6 heteroatoms. The zero-order chi connectivity index (χ0) is 12.9. The summed E-state index contributed by atoms with van der Waals surface area (Å²) in [6.07, 6.45) is 5.62. The van der Waals surface area contributed by atoms with Gasteiger partial charge in [0.1, 0.15) is 0 Å². The molecule has 1 N–H and O–H groups in total. The molecule has 0 saturated heterocycles. The van der Waals surface area contributed by atoms with Crippen LogP contribution in [0.2, 0.25) is 0 Å². The zero-order valence-electron chi connectivity index (χ0n) is 10.2. The molecule has 0 spiro atoms. The van der Waals surface area contributed by atoms with Crippen LogP contribution in [0.25, 0.3) is 0 Å². The number of hydrogen-bond acceptors (Lipinski definition) is 2. The van der Waals surface area contributed by atoms with Crippen molar-refractivity contribution in [3.05, 3.63) is 0 Å². The quantitative estimate of drug-likeness (QED) is 0.708. The van der Waals surface area contributed by atoms with Crippen LogP contribution in [0.1, 0.15) is 45.4 Å². The van der Waals surface area contributed by atoms with E-state index in [1.807, 2.05) is 6.92 Å². The van der Waals surface area contributed by atoms with Crippen LogP contribution in [-0.4, -0.2) is 29.9 Å². The van der Waals surface area contributed by atoms with Crippen molar-refractivity contribution in [2.24, 2.45) is 0 Å². The van der Waals surface area contributed by atoms with Gasteiger partial charge in [-0.1, -0.05) is 58.0 Å². The number of rotatable bonds is 6. The second kappa shape index (κ2) is 6.87. The maximum absolute atomic E-state index is 12.3. The standard InChI is InChI=1S/C11H21Br2NO2S/c1-2-11(8-12,9-13)14-17(15,16)10-6-4-3-5-7-10/h10,14H,2-9H2,1H3. The zero-order valence-corrected chi connectivity index (χ0v) is 14.2. The fourth-order valence-electron chi connectivity index (χ4n) is 2.11. The second-order valence-corrected chi connectivity index (χ2v) is 7.89. The normalized spacial score (nSPS) is 19.5. The van der Waals surface area contributed by atoms with E-state index < -0.39 is 15.6 Å². The van der Waals surface area contributed by atoms with E-state index in [1.54, 1.807) is 0 Å². The monoisotopic (exact) mass is 389 g/mol. The summed E-state index contributed by atoms with van der Waals surface area (Å²) in [5.41, 5.74) is -0.393. The first-order valence-electron chi connectivity index (χ1n) is 6.14. The van der Waals surface area contributed by atoms with Gasteiger partial charge in [0.2, 0.25) is 10.0 Å². The highest BCUT2D eigenvalue weighted by atomic mass is 79.9. The van der Waals surface area contributed by atoms with E-state index in [4.69, 9.17) is 0 Å². The van der Waals surface area contributed by atoms with Gasteiger partial charge in [0.25, 0.3) is 0 Å². The first-order valence-corrected chi connectivity index (χ1v) is 9.93. The number of sulfonamides is 1. The summed E-state index contributed by atoms with van der Waals surface area (Å²) in [6, 6.07) is 0. The summed E-state index contributed by atoms with van der Waals surface area (Å²) < 4.78 is 27.6. The van der Waals surface area contributed by atoms with Gasteiger partial charge in [-0.05, 0) is 19.3 Å². The maximum Gasteiger partial charge on any atom is 0.215 e. The fraction of sp³-hybridized carbons (Fsp3) is 1.00. The fourth-order valence-corrected chi connectivity index (χ4v) is 6.50. The predicted octanol–water partition coefficient (Wildman–Crippen LogP) is 3.18. The van der Waals surface area contributed by atoms with Crippen molar-refractivity contribution in [1.82, 2.24) is 4.72 Å². The Morgan fingerprint density at radius 2 is 1.71 bits per heavy atom. The van der Waals surface area contributed by atoms with Crippen LogP contribution < -0.4 is 4.72 Å². The first kappa shape index (κ1) is 15.9. The van der Waals surface area contributed by atoms with Gasteiger partial charge >= 0.3 is 0 Å². The summed E-state index contributed by atoms with van der Waals surface area (Å²) in [5, 5.41) is 1.07. The van der Waals surface area contributed by atoms with E-state index in [9.17, 15) is 8.42 Å². The molecule has 0 bridgehead atoms. The molecule has 0 aliphatic heterocycles. The number of halogens is 2.